The zero-order chi connectivity index (χ0) is 14.3. The van der Waals surface area contributed by atoms with Crippen molar-refractivity contribution in [1.82, 2.24) is 0 Å². The number of phenols is 1. The second-order valence-corrected chi connectivity index (χ2v) is 5.06. The molecule has 0 aliphatic rings. The summed E-state index contributed by atoms with van der Waals surface area (Å²) < 4.78 is 0. The molecule has 0 saturated heterocycles. The molecule has 0 aromatic heterocycles. The summed E-state index contributed by atoms with van der Waals surface area (Å²) >= 11 is 1.42. The zero-order valence-electron chi connectivity index (χ0n) is 11.0. The maximum atomic E-state index is 10.8. The zero-order valence-corrected chi connectivity index (χ0v) is 11.8. The van der Waals surface area contributed by atoms with E-state index in [0.717, 1.165) is 17.7 Å². The normalized spacial score (nSPS) is 12.0. The number of nitrogens with two attached hydrogens (primary N) is 1. The number of aryl methyl sites for hydroxylation is 1. The number of rotatable bonds is 5. The summed E-state index contributed by atoms with van der Waals surface area (Å²) in [6.45, 7) is 3.88. The molecule has 0 saturated carbocycles. The number of benzene rings is 1. The molecule has 0 atom stereocenters. The van der Waals surface area contributed by atoms with Crippen molar-refractivity contribution >= 4 is 29.4 Å². The van der Waals surface area contributed by atoms with Crippen LogP contribution in [-0.4, -0.2) is 28.5 Å². The number of amidine groups is 1. The Kier molecular flexibility index (Phi) is 6.08. The molecule has 19 heavy (non-hydrogen) atoms. The quantitative estimate of drug-likeness (QED) is 0.374. The minimum absolute atomic E-state index is 0.0978. The molecular formula is C13H17N3O2S. The minimum atomic E-state index is -0.0978. The second kappa shape index (κ2) is 7.58. The molecule has 0 radical (unpaired) electrons. The van der Waals surface area contributed by atoms with Gasteiger partial charge in [0.05, 0.1) is 11.8 Å². The van der Waals surface area contributed by atoms with Crippen LogP contribution in [0.3, 0.4) is 0 Å². The number of nitrogens with zero attached hydrogens (tertiary/aromatic N) is 2. The van der Waals surface area contributed by atoms with Crippen LogP contribution in [0, 0.1) is 6.92 Å². The van der Waals surface area contributed by atoms with E-state index in [-0.39, 0.29) is 11.3 Å². The maximum absolute atomic E-state index is 10.8. The summed E-state index contributed by atoms with van der Waals surface area (Å²) in [7, 11) is 0. The summed E-state index contributed by atoms with van der Waals surface area (Å²) in [5, 5.41) is 17.8. The summed E-state index contributed by atoms with van der Waals surface area (Å²) in [6.07, 6.45) is 3.00. The van der Waals surface area contributed by atoms with Crippen molar-refractivity contribution in [2.75, 3.05) is 5.75 Å². The third-order valence-corrected chi connectivity index (χ3v) is 3.24. The van der Waals surface area contributed by atoms with Gasteiger partial charge in [-0.15, -0.1) is 5.10 Å². The summed E-state index contributed by atoms with van der Waals surface area (Å²) in [4.78, 5) is 10.8. The van der Waals surface area contributed by atoms with Gasteiger partial charge in [0.25, 0.3) is 0 Å². The average molecular weight is 279 g/mol. The highest BCUT2D eigenvalue weighted by molar-refractivity contribution is 8.13. The lowest BCUT2D eigenvalue weighted by molar-refractivity contribution is 0.112. The Balaban J connectivity index is 2.87. The van der Waals surface area contributed by atoms with Crippen molar-refractivity contribution in [2.45, 2.75) is 20.3 Å². The standard InChI is InChI=1S/C13H17N3O2S/c1-3-4-19-13(14)16-15-7-10-5-9(2)6-11(8-17)12(10)18/h5-8,18H,3-4H2,1-2H3,(H2,14,16). The molecule has 0 unspecified atom stereocenters. The highest BCUT2D eigenvalue weighted by Crippen LogP contribution is 2.21. The first-order chi connectivity index (χ1) is 9.08. The molecule has 0 aliphatic heterocycles. The molecule has 0 bridgehead atoms. The fourth-order valence-corrected chi connectivity index (χ4v) is 1.93. The number of carbonyl (C=O) groups is 1. The summed E-state index contributed by atoms with van der Waals surface area (Å²) in [6, 6.07) is 3.32. The fraction of sp³-hybridized carbons (Fsp3) is 0.308. The van der Waals surface area contributed by atoms with Gasteiger partial charge in [-0.05, 0) is 31.0 Å². The molecular weight excluding hydrogens is 262 g/mol. The summed E-state index contributed by atoms with van der Waals surface area (Å²) in [5.74, 6) is 0.787. The van der Waals surface area contributed by atoms with Crippen molar-refractivity contribution in [1.29, 1.82) is 0 Å². The number of hydrogen-bond donors (Lipinski definition) is 2. The van der Waals surface area contributed by atoms with Crippen LogP contribution >= 0.6 is 11.8 Å². The number of phenolic OH excluding ortho intramolecular Hbond substituents is 1. The number of aromatic hydroxyl groups is 1. The fourth-order valence-electron chi connectivity index (χ4n) is 1.41. The highest BCUT2D eigenvalue weighted by Gasteiger charge is 2.06. The van der Waals surface area contributed by atoms with Gasteiger partial charge in [-0.2, -0.15) is 5.10 Å². The van der Waals surface area contributed by atoms with Crippen LogP contribution in [-0.2, 0) is 0 Å². The van der Waals surface area contributed by atoms with E-state index in [0.29, 0.717) is 17.0 Å². The molecule has 1 aromatic carbocycles. The van der Waals surface area contributed by atoms with Gasteiger partial charge in [0.15, 0.2) is 11.5 Å². The lowest BCUT2D eigenvalue weighted by Gasteiger charge is -2.03. The first kappa shape index (κ1) is 15.2. The van der Waals surface area contributed by atoms with E-state index >= 15 is 0 Å². The first-order valence-electron chi connectivity index (χ1n) is 5.86. The predicted molar refractivity (Wildman–Crippen MR) is 80.2 cm³/mol. The third-order valence-electron chi connectivity index (χ3n) is 2.25. The van der Waals surface area contributed by atoms with Gasteiger partial charge in [-0.3, -0.25) is 4.79 Å². The van der Waals surface area contributed by atoms with Crippen molar-refractivity contribution < 1.29 is 9.90 Å². The van der Waals surface area contributed by atoms with Crippen LogP contribution in [0.25, 0.3) is 0 Å². The van der Waals surface area contributed by atoms with E-state index in [1.54, 1.807) is 12.1 Å². The average Bonchev–Trinajstić information content (AvgIpc) is 2.39. The van der Waals surface area contributed by atoms with Crippen LogP contribution in [0.2, 0.25) is 0 Å². The molecule has 3 N–H and O–H groups in total. The summed E-state index contributed by atoms with van der Waals surface area (Å²) in [5.41, 5.74) is 7.17. The van der Waals surface area contributed by atoms with Gasteiger partial charge in [0.2, 0.25) is 0 Å². The number of carbonyl (C=O) groups excluding carboxylic acids is 1. The van der Waals surface area contributed by atoms with Crippen molar-refractivity contribution in [2.24, 2.45) is 15.9 Å². The van der Waals surface area contributed by atoms with Crippen LogP contribution in [0.15, 0.2) is 22.3 Å². The number of aldehydes is 1. The largest absolute Gasteiger partial charge is 0.507 e. The van der Waals surface area contributed by atoms with Gasteiger partial charge in [0, 0.05) is 11.3 Å². The van der Waals surface area contributed by atoms with E-state index < -0.39 is 0 Å². The van der Waals surface area contributed by atoms with Crippen molar-refractivity contribution in [3.05, 3.63) is 28.8 Å². The molecule has 1 rings (SSSR count). The number of hydrogen-bond acceptors (Lipinski definition) is 5. The first-order valence-corrected chi connectivity index (χ1v) is 6.85. The molecule has 0 amide bonds. The van der Waals surface area contributed by atoms with Gasteiger partial charge in [-0.25, -0.2) is 0 Å². The second-order valence-electron chi connectivity index (χ2n) is 3.94. The van der Waals surface area contributed by atoms with Crippen LogP contribution in [0.4, 0.5) is 0 Å². The highest BCUT2D eigenvalue weighted by atomic mass is 32.2. The van der Waals surface area contributed by atoms with E-state index in [1.807, 2.05) is 6.92 Å². The van der Waals surface area contributed by atoms with E-state index in [9.17, 15) is 9.90 Å². The van der Waals surface area contributed by atoms with Crippen molar-refractivity contribution in [3.8, 4) is 5.75 Å². The maximum Gasteiger partial charge on any atom is 0.180 e. The molecule has 1 aromatic rings. The van der Waals surface area contributed by atoms with E-state index in [4.69, 9.17) is 5.73 Å². The van der Waals surface area contributed by atoms with Gasteiger partial charge >= 0.3 is 0 Å². The Morgan fingerprint density at radius 2 is 2.16 bits per heavy atom. The Bertz CT molecular complexity index is 513. The smallest absolute Gasteiger partial charge is 0.180 e. The molecule has 5 nitrogen and oxygen atoms in total. The minimum Gasteiger partial charge on any atom is -0.507 e. The molecule has 0 spiro atoms. The van der Waals surface area contributed by atoms with Gasteiger partial charge in [0.1, 0.15) is 5.75 Å². The van der Waals surface area contributed by atoms with Crippen LogP contribution < -0.4 is 5.73 Å². The number of thioether (sulfide) groups is 1. The lowest BCUT2D eigenvalue weighted by Crippen LogP contribution is -2.06. The van der Waals surface area contributed by atoms with Crippen molar-refractivity contribution in [3.63, 3.8) is 0 Å². The van der Waals surface area contributed by atoms with Gasteiger partial charge in [-0.1, -0.05) is 18.7 Å². The Labute approximate surface area is 116 Å². The van der Waals surface area contributed by atoms with Gasteiger partial charge < -0.3 is 10.8 Å². The molecule has 0 fully saturated rings. The van der Waals surface area contributed by atoms with E-state index in [1.165, 1.54) is 18.0 Å². The lowest BCUT2D eigenvalue weighted by atomic mass is 10.1. The molecule has 0 aliphatic carbocycles. The van der Waals surface area contributed by atoms with Crippen LogP contribution in [0.5, 0.6) is 5.75 Å². The molecule has 102 valence electrons. The SMILES string of the molecule is CCCSC(N)=NN=Cc1cc(C)cc(C=O)c1O. The predicted octanol–water partition coefficient (Wildman–Crippen LogP) is 2.30. The third kappa shape index (κ3) is 4.75. The Morgan fingerprint density at radius 3 is 2.79 bits per heavy atom. The van der Waals surface area contributed by atoms with E-state index in [2.05, 4.69) is 17.1 Å². The Morgan fingerprint density at radius 1 is 1.47 bits per heavy atom. The van der Waals surface area contributed by atoms with Crippen LogP contribution in [0.1, 0.15) is 34.8 Å². The molecule has 6 heteroatoms. The Hall–Kier alpha value is -1.82. The topological polar surface area (TPSA) is 88.0 Å². The molecule has 0 heterocycles. The monoisotopic (exact) mass is 279 g/mol.